The van der Waals surface area contributed by atoms with Gasteiger partial charge in [-0.2, -0.15) is 11.8 Å². The molecule has 3 heteroatoms. The monoisotopic (exact) mass is 265 g/mol. The molecule has 2 N–H and O–H groups in total. The van der Waals surface area contributed by atoms with E-state index in [1.54, 1.807) is 0 Å². The quantitative estimate of drug-likeness (QED) is 0.879. The van der Waals surface area contributed by atoms with Crippen LogP contribution in [0.4, 0.5) is 5.69 Å². The van der Waals surface area contributed by atoms with Crippen LogP contribution in [0.2, 0.25) is 0 Å². The summed E-state index contributed by atoms with van der Waals surface area (Å²) in [5.41, 5.74) is 2.26. The lowest BCUT2D eigenvalue weighted by Gasteiger charge is -2.50. The van der Waals surface area contributed by atoms with Crippen molar-refractivity contribution < 1.29 is 5.11 Å². The summed E-state index contributed by atoms with van der Waals surface area (Å²) in [4.78, 5) is 0. The van der Waals surface area contributed by atoms with Crippen molar-refractivity contribution in [1.82, 2.24) is 0 Å². The van der Waals surface area contributed by atoms with Crippen LogP contribution < -0.4 is 5.32 Å². The van der Waals surface area contributed by atoms with E-state index in [9.17, 15) is 5.11 Å². The summed E-state index contributed by atoms with van der Waals surface area (Å²) >= 11 is 1.93. The third-order valence-electron chi connectivity index (χ3n) is 4.30. The molecule has 1 aliphatic rings. The molecule has 1 heterocycles. The van der Waals surface area contributed by atoms with Gasteiger partial charge in [0.25, 0.3) is 0 Å². The molecule has 1 fully saturated rings. The van der Waals surface area contributed by atoms with E-state index in [1.807, 2.05) is 23.9 Å². The highest BCUT2D eigenvalue weighted by atomic mass is 32.2. The third kappa shape index (κ3) is 2.39. The Morgan fingerprint density at radius 2 is 2.06 bits per heavy atom. The summed E-state index contributed by atoms with van der Waals surface area (Å²) in [5, 5.41) is 13.6. The molecule has 1 aliphatic heterocycles. The van der Waals surface area contributed by atoms with Crippen molar-refractivity contribution >= 4 is 17.4 Å². The van der Waals surface area contributed by atoms with Crippen molar-refractivity contribution in [2.24, 2.45) is 5.41 Å². The Bertz CT molecular complexity index is 419. The van der Waals surface area contributed by atoms with Crippen LogP contribution in [-0.2, 0) is 0 Å². The molecule has 1 unspecified atom stereocenters. The van der Waals surface area contributed by atoms with Gasteiger partial charge in [-0.15, -0.1) is 0 Å². The number of rotatable bonds is 3. The maximum atomic E-state index is 9.95. The van der Waals surface area contributed by atoms with Gasteiger partial charge in [-0.25, -0.2) is 0 Å². The molecule has 2 rings (SSSR count). The van der Waals surface area contributed by atoms with Crippen LogP contribution in [0.5, 0.6) is 0 Å². The number of benzene rings is 1. The summed E-state index contributed by atoms with van der Waals surface area (Å²) in [6, 6.07) is 8.30. The second-order valence-electron chi connectivity index (χ2n) is 5.87. The number of para-hydroxylation sites is 1. The normalized spacial score (nSPS) is 26.9. The SMILES string of the molecule is Cc1ccccc1NC1(CO)CSCCC1(C)C. The van der Waals surface area contributed by atoms with E-state index < -0.39 is 0 Å². The second kappa shape index (κ2) is 5.14. The third-order valence-corrected chi connectivity index (χ3v) is 5.49. The molecule has 0 saturated carbocycles. The van der Waals surface area contributed by atoms with Crippen LogP contribution in [0, 0.1) is 12.3 Å². The maximum Gasteiger partial charge on any atom is 0.0745 e. The number of aliphatic hydroxyl groups is 1. The van der Waals surface area contributed by atoms with Crippen LogP contribution >= 0.6 is 11.8 Å². The molecule has 1 atom stereocenters. The van der Waals surface area contributed by atoms with Gasteiger partial charge >= 0.3 is 0 Å². The molecule has 0 aromatic heterocycles. The number of hydrogen-bond acceptors (Lipinski definition) is 3. The molecule has 1 aromatic rings. The Morgan fingerprint density at radius 3 is 2.67 bits per heavy atom. The molecule has 0 radical (unpaired) electrons. The average Bonchev–Trinajstić information content (AvgIpc) is 2.34. The van der Waals surface area contributed by atoms with Crippen LogP contribution in [0.15, 0.2) is 24.3 Å². The van der Waals surface area contributed by atoms with Gasteiger partial charge in [-0.1, -0.05) is 32.0 Å². The number of aliphatic hydroxyl groups excluding tert-OH is 1. The Hall–Kier alpha value is -0.670. The fourth-order valence-corrected chi connectivity index (χ4v) is 4.19. The van der Waals surface area contributed by atoms with E-state index in [1.165, 1.54) is 11.3 Å². The largest absolute Gasteiger partial charge is 0.394 e. The van der Waals surface area contributed by atoms with Gasteiger partial charge in [0.05, 0.1) is 12.1 Å². The van der Waals surface area contributed by atoms with Crippen LogP contribution in [0.25, 0.3) is 0 Å². The van der Waals surface area contributed by atoms with Gasteiger partial charge in [-0.3, -0.25) is 0 Å². The smallest absolute Gasteiger partial charge is 0.0745 e. The van der Waals surface area contributed by atoms with Crippen molar-refractivity contribution in [2.45, 2.75) is 32.7 Å². The van der Waals surface area contributed by atoms with E-state index in [4.69, 9.17) is 0 Å². The minimum atomic E-state index is -0.220. The number of nitrogens with one attached hydrogen (secondary N) is 1. The van der Waals surface area contributed by atoms with E-state index >= 15 is 0 Å². The fourth-order valence-electron chi connectivity index (χ4n) is 2.48. The first-order chi connectivity index (χ1) is 8.51. The minimum absolute atomic E-state index is 0.106. The van der Waals surface area contributed by atoms with E-state index in [2.05, 4.69) is 38.2 Å². The van der Waals surface area contributed by atoms with Crippen LogP contribution in [0.1, 0.15) is 25.8 Å². The molecule has 2 nitrogen and oxygen atoms in total. The predicted octanol–water partition coefficient (Wildman–Crippen LogP) is 3.30. The summed E-state index contributed by atoms with van der Waals surface area (Å²) in [7, 11) is 0. The number of aryl methyl sites for hydroxylation is 1. The average molecular weight is 265 g/mol. The van der Waals surface area contributed by atoms with Gasteiger partial charge in [0.2, 0.25) is 0 Å². The molecule has 100 valence electrons. The van der Waals surface area contributed by atoms with Crippen molar-refractivity contribution in [1.29, 1.82) is 0 Å². The molecule has 0 aliphatic carbocycles. The summed E-state index contributed by atoms with van der Waals surface area (Å²) in [5.74, 6) is 2.15. The summed E-state index contributed by atoms with van der Waals surface area (Å²) in [6.07, 6.45) is 1.14. The molecular weight excluding hydrogens is 242 g/mol. The van der Waals surface area contributed by atoms with E-state index in [0.29, 0.717) is 0 Å². The van der Waals surface area contributed by atoms with Crippen LogP contribution in [0.3, 0.4) is 0 Å². The standard InChI is InChI=1S/C15H23NOS/c1-12-6-4-5-7-13(12)16-15(10-17)11-18-9-8-14(15,2)3/h4-7,16-17H,8-11H2,1-3H3. The number of hydrogen-bond donors (Lipinski definition) is 2. The van der Waals surface area contributed by atoms with E-state index in [0.717, 1.165) is 17.9 Å². The van der Waals surface area contributed by atoms with Crippen molar-refractivity contribution in [3.63, 3.8) is 0 Å². The topological polar surface area (TPSA) is 32.3 Å². The maximum absolute atomic E-state index is 9.95. The Kier molecular flexibility index (Phi) is 3.93. The zero-order valence-electron chi connectivity index (χ0n) is 11.5. The van der Waals surface area contributed by atoms with Crippen molar-refractivity contribution in [2.75, 3.05) is 23.4 Å². The first-order valence-electron chi connectivity index (χ1n) is 6.53. The molecule has 18 heavy (non-hydrogen) atoms. The van der Waals surface area contributed by atoms with Crippen molar-refractivity contribution in [3.05, 3.63) is 29.8 Å². The first kappa shape index (κ1) is 13.8. The molecule has 0 spiro atoms. The number of thioether (sulfide) groups is 1. The van der Waals surface area contributed by atoms with Gasteiger partial charge in [-0.05, 0) is 36.1 Å². The molecule has 1 aromatic carbocycles. The van der Waals surface area contributed by atoms with Crippen molar-refractivity contribution in [3.8, 4) is 0 Å². The Labute approximate surface area is 114 Å². The Balaban J connectivity index is 2.30. The fraction of sp³-hybridized carbons (Fsp3) is 0.600. The molecule has 0 amide bonds. The van der Waals surface area contributed by atoms with Gasteiger partial charge in [0, 0.05) is 11.4 Å². The number of anilines is 1. The Morgan fingerprint density at radius 1 is 1.33 bits per heavy atom. The van der Waals surface area contributed by atoms with Crippen LogP contribution in [-0.4, -0.2) is 28.8 Å². The molecular formula is C15H23NOS. The zero-order chi connectivity index (χ0) is 13.2. The highest BCUT2D eigenvalue weighted by Crippen LogP contribution is 2.44. The lowest BCUT2D eigenvalue weighted by atomic mass is 9.71. The van der Waals surface area contributed by atoms with Gasteiger partial charge < -0.3 is 10.4 Å². The van der Waals surface area contributed by atoms with Gasteiger partial charge in [0.15, 0.2) is 0 Å². The molecule has 0 bridgehead atoms. The minimum Gasteiger partial charge on any atom is -0.394 e. The zero-order valence-corrected chi connectivity index (χ0v) is 12.3. The highest BCUT2D eigenvalue weighted by Gasteiger charge is 2.46. The summed E-state index contributed by atoms with van der Waals surface area (Å²) in [6.45, 7) is 6.81. The highest BCUT2D eigenvalue weighted by molar-refractivity contribution is 7.99. The van der Waals surface area contributed by atoms with Gasteiger partial charge in [0.1, 0.15) is 0 Å². The molecule has 1 saturated heterocycles. The summed E-state index contributed by atoms with van der Waals surface area (Å²) < 4.78 is 0. The lowest BCUT2D eigenvalue weighted by molar-refractivity contribution is 0.110. The predicted molar refractivity (Wildman–Crippen MR) is 80.3 cm³/mol. The second-order valence-corrected chi connectivity index (χ2v) is 6.97. The first-order valence-corrected chi connectivity index (χ1v) is 7.69. The lowest BCUT2D eigenvalue weighted by Crippen LogP contribution is -2.58. The van der Waals surface area contributed by atoms with E-state index in [-0.39, 0.29) is 17.6 Å².